The number of benzene rings is 2. The monoisotopic (exact) mass is 466 g/mol. The fraction of sp³-hybridized carbons (Fsp3) is 0.269. The Morgan fingerprint density at radius 3 is 2.29 bits per heavy atom. The molecular weight excluding hydrogens is 442 g/mol. The van der Waals surface area contributed by atoms with E-state index in [4.69, 9.17) is 9.57 Å². The second-order valence-corrected chi connectivity index (χ2v) is 8.86. The maximum atomic E-state index is 13.9. The minimum absolute atomic E-state index is 0.207. The molecule has 34 heavy (non-hydrogen) atoms. The van der Waals surface area contributed by atoms with Crippen molar-refractivity contribution in [2.24, 2.45) is 5.16 Å². The first-order valence-corrected chi connectivity index (χ1v) is 10.7. The Kier molecular flexibility index (Phi) is 5.95. The number of hydrogen-bond donors (Lipinski definition) is 1. The highest BCUT2D eigenvalue weighted by Gasteiger charge is 2.43. The molecule has 0 saturated carbocycles. The zero-order chi connectivity index (χ0) is 24.7. The SMILES string of the molecule is COC1(C)C=CC(C2=NOC(C)(C)C2=O)=CC1c1ccc(NC(=O)c2c(F)cccc2F)cc1. The lowest BCUT2D eigenvalue weighted by Crippen LogP contribution is -2.37. The topological polar surface area (TPSA) is 77.0 Å². The van der Waals surface area contributed by atoms with E-state index in [1.165, 1.54) is 6.07 Å². The molecule has 2 aliphatic rings. The van der Waals surface area contributed by atoms with E-state index >= 15 is 0 Å². The van der Waals surface area contributed by atoms with Gasteiger partial charge in [-0.1, -0.05) is 41.6 Å². The molecule has 1 amide bonds. The standard InChI is InChI=1S/C26H24F2N2O4/c1-25(2)23(31)22(30-34-25)16-12-13-26(3,33-4)18(14-16)15-8-10-17(11-9-15)29-24(32)21-19(27)6-5-7-20(21)28/h5-14,18H,1-4H3,(H,29,32). The molecule has 6 nitrogen and oxygen atoms in total. The maximum absolute atomic E-state index is 13.9. The van der Waals surface area contributed by atoms with Crippen molar-refractivity contribution in [3.8, 4) is 0 Å². The van der Waals surface area contributed by atoms with Crippen molar-refractivity contribution in [3.05, 3.63) is 89.0 Å². The van der Waals surface area contributed by atoms with Crippen LogP contribution in [0.3, 0.4) is 0 Å². The van der Waals surface area contributed by atoms with Crippen molar-refractivity contribution in [1.29, 1.82) is 0 Å². The van der Waals surface area contributed by atoms with E-state index in [1.54, 1.807) is 51.3 Å². The molecule has 1 heterocycles. The van der Waals surface area contributed by atoms with Crippen LogP contribution in [0.5, 0.6) is 0 Å². The number of nitrogens with one attached hydrogen (secondary N) is 1. The average molecular weight is 466 g/mol. The number of carbonyl (C=O) groups is 2. The van der Waals surface area contributed by atoms with Gasteiger partial charge in [0.2, 0.25) is 5.78 Å². The van der Waals surface area contributed by atoms with Crippen LogP contribution in [-0.2, 0) is 14.4 Å². The molecule has 2 unspecified atom stereocenters. The number of hydrogen-bond acceptors (Lipinski definition) is 5. The van der Waals surface area contributed by atoms with Crippen LogP contribution in [0.15, 0.2) is 71.4 Å². The van der Waals surface area contributed by atoms with E-state index in [9.17, 15) is 18.4 Å². The van der Waals surface area contributed by atoms with Gasteiger partial charge in [-0.15, -0.1) is 0 Å². The Labute approximate surface area is 195 Å². The van der Waals surface area contributed by atoms with Gasteiger partial charge in [-0.3, -0.25) is 9.59 Å². The van der Waals surface area contributed by atoms with Crippen LogP contribution >= 0.6 is 0 Å². The third-order valence-corrected chi connectivity index (χ3v) is 6.12. The first kappa shape index (κ1) is 23.5. The third-order valence-electron chi connectivity index (χ3n) is 6.12. The molecule has 2 aromatic carbocycles. The molecule has 2 atom stereocenters. The summed E-state index contributed by atoms with van der Waals surface area (Å²) in [7, 11) is 1.60. The Morgan fingerprint density at radius 2 is 1.74 bits per heavy atom. The van der Waals surface area contributed by atoms with Gasteiger partial charge in [-0.25, -0.2) is 8.78 Å². The highest BCUT2D eigenvalue weighted by molar-refractivity contribution is 6.50. The molecule has 0 spiro atoms. The molecule has 1 aliphatic carbocycles. The summed E-state index contributed by atoms with van der Waals surface area (Å²) in [5.41, 5.74) is -0.273. The number of ketones is 1. The van der Waals surface area contributed by atoms with Crippen molar-refractivity contribution < 1.29 is 27.9 Å². The summed E-state index contributed by atoms with van der Waals surface area (Å²) in [6, 6.07) is 10.1. The quantitative estimate of drug-likeness (QED) is 0.678. The van der Waals surface area contributed by atoms with Gasteiger partial charge >= 0.3 is 0 Å². The molecule has 8 heteroatoms. The van der Waals surface area contributed by atoms with Crippen molar-refractivity contribution in [2.45, 2.75) is 37.9 Å². The van der Waals surface area contributed by atoms with Crippen LogP contribution < -0.4 is 5.32 Å². The molecule has 0 radical (unpaired) electrons. The normalized spacial score (nSPS) is 23.2. The summed E-state index contributed by atoms with van der Waals surface area (Å²) in [6.07, 6.45) is 5.55. The Balaban J connectivity index is 1.60. The molecule has 1 N–H and O–H groups in total. The minimum Gasteiger partial charge on any atom is -0.381 e. The van der Waals surface area contributed by atoms with Crippen LogP contribution in [0.1, 0.15) is 42.6 Å². The lowest BCUT2D eigenvalue weighted by atomic mass is 9.77. The van der Waals surface area contributed by atoms with Gasteiger partial charge in [0, 0.05) is 24.3 Å². The number of allylic oxidation sites excluding steroid dienone is 2. The summed E-state index contributed by atoms with van der Waals surface area (Å²) < 4.78 is 33.6. The van der Waals surface area contributed by atoms with Gasteiger partial charge < -0.3 is 14.9 Å². The first-order valence-electron chi connectivity index (χ1n) is 10.7. The number of amides is 1. The number of rotatable bonds is 5. The molecular formula is C26H24F2N2O4. The largest absolute Gasteiger partial charge is 0.381 e. The number of Topliss-reactive ketones (excluding diaryl/α,β-unsaturated/α-hetero) is 1. The summed E-state index contributed by atoms with van der Waals surface area (Å²) in [5, 5.41) is 6.50. The summed E-state index contributed by atoms with van der Waals surface area (Å²) in [4.78, 5) is 30.3. The van der Waals surface area contributed by atoms with Gasteiger partial charge in [-0.2, -0.15) is 0 Å². The number of nitrogens with zero attached hydrogens (tertiary/aromatic N) is 1. The van der Waals surface area contributed by atoms with Crippen LogP contribution in [0.25, 0.3) is 0 Å². The number of carbonyl (C=O) groups excluding carboxylic acids is 2. The second-order valence-electron chi connectivity index (χ2n) is 8.86. The van der Waals surface area contributed by atoms with E-state index in [0.29, 0.717) is 11.3 Å². The van der Waals surface area contributed by atoms with Crippen LogP contribution in [0, 0.1) is 11.6 Å². The highest BCUT2D eigenvalue weighted by atomic mass is 19.1. The van der Waals surface area contributed by atoms with E-state index in [2.05, 4.69) is 10.5 Å². The minimum atomic E-state index is -1.01. The lowest BCUT2D eigenvalue weighted by molar-refractivity contribution is -0.128. The number of anilines is 1. The molecule has 4 rings (SSSR count). The fourth-order valence-electron chi connectivity index (χ4n) is 3.93. The summed E-state index contributed by atoms with van der Waals surface area (Å²) in [6.45, 7) is 5.24. The zero-order valence-corrected chi connectivity index (χ0v) is 19.2. The predicted octanol–water partition coefficient (Wildman–Crippen LogP) is 4.94. The lowest BCUT2D eigenvalue weighted by Gasteiger charge is -2.35. The zero-order valence-electron chi connectivity index (χ0n) is 19.2. The van der Waals surface area contributed by atoms with Crippen LogP contribution in [0.4, 0.5) is 14.5 Å². The number of oxime groups is 1. The van der Waals surface area contributed by atoms with Gasteiger partial charge in [0.1, 0.15) is 17.2 Å². The molecule has 0 aromatic heterocycles. The van der Waals surface area contributed by atoms with Crippen molar-refractivity contribution in [1.82, 2.24) is 0 Å². The second kappa shape index (κ2) is 8.61. The van der Waals surface area contributed by atoms with Gasteiger partial charge in [0.15, 0.2) is 11.3 Å². The predicted molar refractivity (Wildman–Crippen MR) is 124 cm³/mol. The number of methoxy groups -OCH3 is 1. The highest BCUT2D eigenvalue weighted by Crippen LogP contribution is 2.39. The molecule has 0 saturated heterocycles. The Bertz CT molecular complexity index is 1230. The molecule has 2 aromatic rings. The van der Waals surface area contributed by atoms with Crippen LogP contribution in [-0.4, -0.2) is 35.7 Å². The Morgan fingerprint density at radius 1 is 1.09 bits per heavy atom. The molecule has 176 valence electrons. The van der Waals surface area contributed by atoms with E-state index in [-0.39, 0.29) is 17.4 Å². The first-order chi connectivity index (χ1) is 16.1. The smallest absolute Gasteiger partial charge is 0.261 e. The summed E-state index contributed by atoms with van der Waals surface area (Å²) >= 11 is 0. The van der Waals surface area contributed by atoms with Gasteiger partial charge in [0.05, 0.1) is 5.60 Å². The van der Waals surface area contributed by atoms with Crippen molar-refractivity contribution in [3.63, 3.8) is 0 Å². The van der Waals surface area contributed by atoms with E-state index < -0.39 is 34.3 Å². The van der Waals surface area contributed by atoms with Crippen molar-refractivity contribution >= 4 is 23.1 Å². The Hall–Kier alpha value is -3.65. The number of ether oxygens (including phenoxy) is 1. The molecule has 0 bridgehead atoms. The van der Waals surface area contributed by atoms with E-state index in [0.717, 1.165) is 17.7 Å². The maximum Gasteiger partial charge on any atom is 0.261 e. The number of halogens is 2. The summed E-state index contributed by atoms with van der Waals surface area (Å²) in [5.74, 6) is -3.25. The fourth-order valence-corrected chi connectivity index (χ4v) is 3.93. The van der Waals surface area contributed by atoms with Gasteiger partial charge in [-0.05, 0) is 50.6 Å². The van der Waals surface area contributed by atoms with E-state index in [1.807, 2.05) is 19.1 Å². The molecule has 0 fully saturated rings. The average Bonchev–Trinajstić information content (AvgIpc) is 3.07. The van der Waals surface area contributed by atoms with Crippen LogP contribution in [0.2, 0.25) is 0 Å². The van der Waals surface area contributed by atoms with Crippen molar-refractivity contribution in [2.75, 3.05) is 12.4 Å². The van der Waals surface area contributed by atoms with Gasteiger partial charge in [0.25, 0.3) is 5.91 Å². The third kappa shape index (κ3) is 4.17. The molecule has 1 aliphatic heterocycles.